The Morgan fingerprint density at radius 2 is 1.93 bits per heavy atom. The van der Waals surface area contributed by atoms with E-state index in [0.717, 1.165) is 5.56 Å². The van der Waals surface area contributed by atoms with Crippen LogP contribution in [0.5, 0.6) is 0 Å². The molecule has 1 amide bonds. The second-order valence-electron chi connectivity index (χ2n) is 6.04. The van der Waals surface area contributed by atoms with Crippen LogP contribution in [-0.2, 0) is 17.8 Å². The Hall–Kier alpha value is -3.68. The highest BCUT2D eigenvalue weighted by Crippen LogP contribution is 2.19. The van der Waals surface area contributed by atoms with Gasteiger partial charge in [-0.15, -0.1) is 0 Å². The summed E-state index contributed by atoms with van der Waals surface area (Å²) in [6, 6.07) is 14.3. The fourth-order valence-corrected chi connectivity index (χ4v) is 2.87. The Morgan fingerprint density at radius 3 is 2.74 bits per heavy atom. The number of oxazole rings is 1. The van der Waals surface area contributed by atoms with Crippen LogP contribution in [0.3, 0.4) is 0 Å². The number of nitrogens with zero attached hydrogens (tertiary/aromatic N) is 3. The molecular weight excluding hydrogens is 348 g/mol. The number of rotatable bonds is 5. The zero-order valence-corrected chi connectivity index (χ0v) is 14.5. The molecule has 2 aromatic heterocycles. The molecular formula is C19H16N4O4. The normalized spacial score (nSPS) is 11.0. The largest absolute Gasteiger partial charge is 0.420 e. The van der Waals surface area contributed by atoms with E-state index >= 15 is 0 Å². The van der Waals surface area contributed by atoms with Gasteiger partial charge < -0.3 is 14.3 Å². The molecule has 136 valence electrons. The van der Waals surface area contributed by atoms with Crippen molar-refractivity contribution in [3.05, 3.63) is 76.4 Å². The van der Waals surface area contributed by atoms with Gasteiger partial charge in [0.1, 0.15) is 6.54 Å². The van der Waals surface area contributed by atoms with Crippen LogP contribution in [0.2, 0.25) is 0 Å². The third-order valence-corrected chi connectivity index (χ3v) is 4.08. The predicted octanol–water partition coefficient (Wildman–Crippen LogP) is 2.52. The fraction of sp³-hybridized carbons (Fsp3) is 0.158. The maximum Gasteiger partial charge on any atom is 0.420 e. The number of fused-ring (bicyclic) bond motifs is 1. The maximum absolute atomic E-state index is 12.5. The Labute approximate surface area is 153 Å². The van der Waals surface area contributed by atoms with Crippen molar-refractivity contribution in [3.8, 4) is 0 Å². The van der Waals surface area contributed by atoms with Gasteiger partial charge >= 0.3 is 5.76 Å². The van der Waals surface area contributed by atoms with Crippen molar-refractivity contribution in [2.45, 2.75) is 19.9 Å². The van der Waals surface area contributed by atoms with Gasteiger partial charge in [-0.3, -0.25) is 9.36 Å². The predicted molar refractivity (Wildman–Crippen MR) is 97.4 cm³/mol. The number of benzene rings is 2. The van der Waals surface area contributed by atoms with Crippen LogP contribution >= 0.6 is 0 Å². The van der Waals surface area contributed by atoms with Crippen LogP contribution in [-0.4, -0.2) is 20.6 Å². The van der Waals surface area contributed by atoms with Gasteiger partial charge in [-0.05, 0) is 30.7 Å². The highest BCUT2D eigenvalue weighted by Gasteiger charge is 2.14. The number of anilines is 1. The summed E-state index contributed by atoms with van der Waals surface area (Å²) in [5, 5.41) is 6.61. The number of aromatic nitrogens is 3. The average molecular weight is 364 g/mol. The molecule has 0 atom stereocenters. The van der Waals surface area contributed by atoms with E-state index in [1.165, 1.54) is 4.57 Å². The van der Waals surface area contributed by atoms with Crippen LogP contribution < -0.4 is 11.1 Å². The molecule has 0 bridgehead atoms. The van der Waals surface area contributed by atoms with Crippen LogP contribution in [0.1, 0.15) is 17.3 Å². The molecule has 0 fully saturated rings. The molecule has 8 nitrogen and oxygen atoms in total. The number of hydrogen-bond donors (Lipinski definition) is 1. The molecule has 4 rings (SSSR count). The number of nitrogens with one attached hydrogen (secondary N) is 1. The molecule has 1 N–H and O–H groups in total. The minimum absolute atomic E-state index is 0.149. The van der Waals surface area contributed by atoms with Gasteiger partial charge in [0.05, 0.1) is 11.9 Å². The third-order valence-electron chi connectivity index (χ3n) is 4.08. The second-order valence-corrected chi connectivity index (χ2v) is 6.04. The van der Waals surface area contributed by atoms with E-state index < -0.39 is 5.76 Å². The van der Waals surface area contributed by atoms with Gasteiger partial charge in [0.2, 0.25) is 11.8 Å². The number of para-hydroxylation sites is 3. The lowest BCUT2D eigenvalue weighted by molar-refractivity contribution is -0.116. The molecule has 0 aliphatic heterocycles. The van der Waals surface area contributed by atoms with E-state index in [4.69, 9.17) is 8.94 Å². The molecule has 2 aromatic carbocycles. The first-order valence-corrected chi connectivity index (χ1v) is 8.35. The van der Waals surface area contributed by atoms with Crippen molar-refractivity contribution < 1.29 is 13.7 Å². The van der Waals surface area contributed by atoms with Crippen molar-refractivity contribution in [1.82, 2.24) is 14.7 Å². The van der Waals surface area contributed by atoms with Crippen molar-refractivity contribution in [1.29, 1.82) is 0 Å². The SMILES string of the molecule is Cc1noc(Cc2ccccc2NC(=O)Cn2c(=O)oc3ccccc32)n1. The zero-order valence-electron chi connectivity index (χ0n) is 14.5. The Kier molecular flexibility index (Phi) is 4.29. The molecule has 4 aromatic rings. The first-order chi connectivity index (χ1) is 13.1. The van der Waals surface area contributed by atoms with Crippen LogP contribution in [0.15, 0.2) is 62.3 Å². The molecule has 0 aliphatic rings. The fourth-order valence-electron chi connectivity index (χ4n) is 2.87. The summed E-state index contributed by atoms with van der Waals surface area (Å²) in [7, 11) is 0. The maximum atomic E-state index is 12.5. The molecule has 0 unspecified atom stereocenters. The minimum Gasteiger partial charge on any atom is -0.408 e. The van der Waals surface area contributed by atoms with Crippen molar-refractivity contribution in [3.63, 3.8) is 0 Å². The minimum atomic E-state index is -0.569. The Morgan fingerprint density at radius 1 is 1.15 bits per heavy atom. The molecule has 0 radical (unpaired) electrons. The van der Waals surface area contributed by atoms with Gasteiger partial charge in [0.15, 0.2) is 11.4 Å². The summed E-state index contributed by atoms with van der Waals surface area (Å²) in [5.74, 6) is 0.114. The monoisotopic (exact) mass is 364 g/mol. The molecule has 8 heteroatoms. The molecule has 0 aliphatic carbocycles. The van der Waals surface area contributed by atoms with Crippen LogP contribution in [0.4, 0.5) is 5.69 Å². The summed E-state index contributed by atoms with van der Waals surface area (Å²) in [6.07, 6.45) is 0.395. The summed E-state index contributed by atoms with van der Waals surface area (Å²) >= 11 is 0. The molecule has 0 spiro atoms. The third kappa shape index (κ3) is 3.50. The lowest BCUT2D eigenvalue weighted by Gasteiger charge is -2.10. The van der Waals surface area contributed by atoms with Crippen molar-refractivity contribution in [2.24, 2.45) is 0 Å². The Balaban J connectivity index is 1.55. The highest BCUT2D eigenvalue weighted by atomic mass is 16.5. The van der Waals surface area contributed by atoms with E-state index in [2.05, 4.69) is 15.5 Å². The van der Waals surface area contributed by atoms with E-state index in [1.54, 1.807) is 37.3 Å². The first kappa shape index (κ1) is 16.8. The smallest absolute Gasteiger partial charge is 0.408 e. The summed E-state index contributed by atoms with van der Waals surface area (Å²) in [5.41, 5.74) is 2.48. The summed E-state index contributed by atoms with van der Waals surface area (Å²) in [4.78, 5) is 28.7. The average Bonchev–Trinajstić information content (AvgIpc) is 3.20. The standard InChI is InChI=1S/C19H16N4O4/c1-12-20-18(27-22-12)10-13-6-2-3-7-14(13)21-17(24)11-23-15-8-4-5-9-16(15)26-19(23)25/h2-9H,10-11H2,1H3,(H,21,24). The van der Waals surface area contributed by atoms with Crippen molar-refractivity contribution in [2.75, 3.05) is 5.32 Å². The van der Waals surface area contributed by atoms with E-state index in [-0.39, 0.29) is 12.5 Å². The van der Waals surface area contributed by atoms with E-state index in [9.17, 15) is 9.59 Å². The van der Waals surface area contributed by atoms with Gasteiger partial charge in [-0.25, -0.2) is 4.79 Å². The van der Waals surface area contributed by atoms with Crippen LogP contribution in [0, 0.1) is 6.92 Å². The number of amides is 1. The van der Waals surface area contributed by atoms with E-state index in [1.807, 2.05) is 18.2 Å². The van der Waals surface area contributed by atoms with Gasteiger partial charge in [-0.1, -0.05) is 35.5 Å². The molecule has 0 saturated heterocycles. The molecule has 0 saturated carbocycles. The summed E-state index contributed by atoms with van der Waals surface area (Å²) in [6.45, 7) is 1.59. The van der Waals surface area contributed by atoms with Gasteiger partial charge in [-0.2, -0.15) is 4.98 Å². The first-order valence-electron chi connectivity index (χ1n) is 8.35. The number of hydrogen-bond acceptors (Lipinski definition) is 6. The lowest BCUT2D eigenvalue weighted by atomic mass is 10.1. The topological polar surface area (TPSA) is 103 Å². The van der Waals surface area contributed by atoms with Gasteiger partial charge in [0.25, 0.3) is 0 Å². The number of aryl methyl sites for hydroxylation is 1. The highest BCUT2D eigenvalue weighted by molar-refractivity contribution is 5.92. The second kappa shape index (κ2) is 6.91. The zero-order chi connectivity index (χ0) is 18.8. The Bertz CT molecular complexity index is 1170. The lowest BCUT2D eigenvalue weighted by Crippen LogP contribution is -2.25. The molecule has 27 heavy (non-hydrogen) atoms. The number of carbonyl (C=O) groups is 1. The molecule has 2 heterocycles. The van der Waals surface area contributed by atoms with Gasteiger partial charge in [0, 0.05) is 5.69 Å². The summed E-state index contributed by atoms with van der Waals surface area (Å²) < 4.78 is 11.6. The van der Waals surface area contributed by atoms with Crippen LogP contribution in [0.25, 0.3) is 11.1 Å². The quantitative estimate of drug-likeness (QED) is 0.584. The van der Waals surface area contributed by atoms with E-state index in [0.29, 0.717) is 34.9 Å². The number of carbonyl (C=O) groups excluding carboxylic acids is 1. The van der Waals surface area contributed by atoms with Crippen molar-refractivity contribution >= 4 is 22.7 Å².